The highest BCUT2D eigenvalue weighted by molar-refractivity contribution is 5.10. The van der Waals surface area contributed by atoms with Crippen molar-refractivity contribution in [2.24, 2.45) is 17.3 Å². The van der Waals surface area contributed by atoms with Crippen molar-refractivity contribution in [3.63, 3.8) is 0 Å². The van der Waals surface area contributed by atoms with E-state index in [1.807, 2.05) is 0 Å². The predicted octanol–water partition coefficient (Wildman–Crippen LogP) is 5.59. The van der Waals surface area contributed by atoms with Crippen molar-refractivity contribution in [1.29, 1.82) is 0 Å². The zero-order chi connectivity index (χ0) is 12.2. The van der Waals surface area contributed by atoms with Crippen LogP contribution >= 0.6 is 0 Å². The van der Waals surface area contributed by atoms with Gasteiger partial charge in [-0.15, -0.1) is 0 Å². The average Bonchev–Trinajstić information content (AvgIpc) is 3.00. The van der Waals surface area contributed by atoms with Crippen molar-refractivity contribution in [2.45, 2.75) is 72.6 Å². The van der Waals surface area contributed by atoms with Crippen LogP contribution in [-0.2, 0) is 0 Å². The molecule has 0 spiro atoms. The molecule has 0 heterocycles. The Kier molecular flexibility index (Phi) is 5.08. The van der Waals surface area contributed by atoms with Gasteiger partial charge in [-0.05, 0) is 42.9 Å². The summed E-state index contributed by atoms with van der Waals surface area (Å²) in [6.45, 7) is 13.6. The lowest BCUT2D eigenvalue weighted by molar-refractivity contribution is 0.268. The molecule has 0 aromatic rings. The van der Waals surface area contributed by atoms with Gasteiger partial charge < -0.3 is 0 Å². The van der Waals surface area contributed by atoms with E-state index in [4.69, 9.17) is 0 Å². The first-order chi connectivity index (χ1) is 7.60. The molecule has 0 aliphatic heterocycles. The minimum atomic E-state index is 0.688. The summed E-state index contributed by atoms with van der Waals surface area (Å²) in [5, 5.41) is 0. The van der Waals surface area contributed by atoms with Gasteiger partial charge in [0.1, 0.15) is 0 Å². The highest BCUT2D eigenvalue weighted by Crippen LogP contribution is 2.63. The van der Waals surface area contributed by atoms with Crippen LogP contribution in [-0.4, -0.2) is 0 Å². The largest absolute Gasteiger partial charge is 0.0999 e. The van der Waals surface area contributed by atoms with Gasteiger partial charge in [0.15, 0.2) is 0 Å². The number of hydrogen-bond donors (Lipinski definition) is 0. The second-order valence-electron chi connectivity index (χ2n) is 5.84. The Bertz CT molecular complexity index is 228. The minimum Gasteiger partial charge on any atom is -0.0999 e. The number of rotatable bonds is 8. The van der Waals surface area contributed by atoms with Gasteiger partial charge in [-0.3, -0.25) is 0 Å². The molecule has 1 aliphatic rings. The van der Waals surface area contributed by atoms with Gasteiger partial charge in [-0.2, -0.15) is 0 Å². The predicted molar refractivity (Wildman–Crippen MR) is 73.6 cm³/mol. The maximum absolute atomic E-state index is 4.17. The molecule has 0 nitrogen and oxygen atoms in total. The molecule has 0 aromatic carbocycles. The van der Waals surface area contributed by atoms with Crippen molar-refractivity contribution < 1.29 is 0 Å². The Balaban J connectivity index is 2.45. The molecule has 0 aromatic heterocycles. The summed E-state index contributed by atoms with van der Waals surface area (Å²) < 4.78 is 0. The molecule has 1 fully saturated rings. The van der Waals surface area contributed by atoms with E-state index in [-0.39, 0.29) is 0 Å². The lowest BCUT2D eigenvalue weighted by Gasteiger charge is -2.24. The Morgan fingerprint density at radius 3 is 2.56 bits per heavy atom. The van der Waals surface area contributed by atoms with Gasteiger partial charge in [-0.1, -0.05) is 59.1 Å². The fourth-order valence-corrected chi connectivity index (χ4v) is 3.35. The molecule has 0 saturated heterocycles. The van der Waals surface area contributed by atoms with Crippen molar-refractivity contribution in [3.8, 4) is 0 Å². The minimum absolute atomic E-state index is 0.688. The molecule has 0 radical (unpaired) electrons. The number of hydrogen-bond acceptors (Lipinski definition) is 0. The van der Waals surface area contributed by atoms with Crippen LogP contribution in [0, 0.1) is 17.3 Å². The summed E-state index contributed by atoms with van der Waals surface area (Å²) in [7, 11) is 0. The molecule has 1 rings (SSSR count). The van der Waals surface area contributed by atoms with Crippen LogP contribution in [0.5, 0.6) is 0 Å². The lowest BCUT2D eigenvalue weighted by Crippen LogP contribution is -2.15. The highest BCUT2D eigenvalue weighted by atomic mass is 14.6. The van der Waals surface area contributed by atoms with E-state index in [2.05, 4.69) is 34.3 Å². The second-order valence-corrected chi connectivity index (χ2v) is 5.84. The van der Waals surface area contributed by atoms with Crippen molar-refractivity contribution in [3.05, 3.63) is 12.2 Å². The lowest BCUT2D eigenvalue weighted by atomic mass is 9.81. The third-order valence-corrected chi connectivity index (χ3v) is 4.94. The van der Waals surface area contributed by atoms with Crippen LogP contribution in [0.15, 0.2) is 12.2 Å². The van der Waals surface area contributed by atoms with E-state index < -0.39 is 0 Å². The standard InChI is InChI=1S/C16H30/c1-6-9-10-14(5)16(8-3)12-15(16)11-13(4)7-2/h14-15H,4,6-12H2,1-3,5H3. The second kappa shape index (κ2) is 5.89. The van der Waals surface area contributed by atoms with E-state index in [1.165, 1.54) is 50.5 Å². The molecule has 0 bridgehead atoms. The first-order valence-corrected chi connectivity index (χ1v) is 7.27. The molecule has 0 amide bonds. The normalized spacial score (nSPS) is 30.1. The topological polar surface area (TPSA) is 0 Å². The van der Waals surface area contributed by atoms with E-state index in [0.29, 0.717) is 5.41 Å². The average molecular weight is 222 g/mol. The van der Waals surface area contributed by atoms with Gasteiger partial charge in [-0.25, -0.2) is 0 Å². The van der Waals surface area contributed by atoms with Crippen LogP contribution in [0.1, 0.15) is 72.6 Å². The number of unbranched alkanes of at least 4 members (excludes halogenated alkanes) is 1. The zero-order valence-corrected chi connectivity index (χ0v) is 11.8. The monoisotopic (exact) mass is 222 g/mol. The molecule has 0 N–H and O–H groups in total. The zero-order valence-electron chi connectivity index (χ0n) is 11.8. The summed E-state index contributed by atoms with van der Waals surface area (Å²) in [6.07, 6.45) is 9.48. The third-order valence-electron chi connectivity index (χ3n) is 4.94. The fraction of sp³-hybridized carbons (Fsp3) is 0.875. The third kappa shape index (κ3) is 2.90. The quantitative estimate of drug-likeness (QED) is 0.470. The Morgan fingerprint density at radius 2 is 2.06 bits per heavy atom. The first-order valence-electron chi connectivity index (χ1n) is 7.27. The van der Waals surface area contributed by atoms with Crippen LogP contribution < -0.4 is 0 Å². The molecule has 16 heavy (non-hydrogen) atoms. The molecule has 94 valence electrons. The Labute approximate surface area is 103 Å². The Morgan fingerprint density at radius 1 is 1.38 bits per heavy atom. The molecule has 1 aliphatic carbocycles. The van der Waals surface area contributed by atoms with Gasteiger partial charge in [0.05, 0.1) is 0 Å². The van der Waals surface area contributed by atoms with E-state index in [0.717, 1.165) is 11.8 Å². The number of allylic oxidation sites excluding steroid dienone is 1. The maximum Gasteiger partial charge on any atom is -0.0240 e. The van der Waals surface area contributed by atoms with Gasteiger partial charge in [0, 0.05) is 0 Å². The summed E-state index contributed by atoms with van der Waals surface area (Å²) in [5.74, 6) is 1.88. The van der Waals surface area contributed by atoms with Gasteiger partial charge in [0.2, 0.25) is 0 Å². The van der Waals surface area contributed by atoms with Gasteiger partial charge in [0.25, 0.3) is 0 Å². The van der Waals surface area contributed by atoms with Crippen molar-refractivity contribution in [1.82, 2.24) is 0 Å². The molecular weight excluding hydrogens is 192 g/mol. The molecule has 1 saturated carbocycles. The highest BCUT2D eigenvalue weighted by Gasteiger charge is 2.54. The van der Waals surface area contributed by atoms with Gasteiger partial charge >= 0.3 is 0 Å². The summed E-state index contributed by atoms with van der Waals surface area (Å²) in [4.78, 5) is 0. The summed E-state index contributed by atoms with van der Waals surface area (Å²) in [6, 6.07) is 0. The molecule has 0 heteroatoms. The Hall–Kier alpha value is -0.260. The van der Waals surface area contributed by atoms with E-state index in [1.54, 1.807) is 0 Å². The van der Waals surface area contributed by atoms with Crippen molar-refractivity contribution in [2.75, 3.05) is 0 Å². The van der Waals surface area contributed by atoms with E-state index >= 15 is 0 Å². The van der Waals surface area contributed by atoms with Crippen LogP contribution in [0.2, 0.25) is 0 Å². The SMILES string of the molecule is C=C(CC)CC1CC1(CC)C(C)CCCC. The first kappa shape index (κ1) is 13.8. The molecule has 3 atom stereocenters. The smallest absolute Gasteiger partial charge is 0.0240 e. The summed E-state index contributed by atoms with van der Waals surface area (Å²) >= 11 is 0. The fourth-order valence-electron chi connectivity index (χ4n) is 3.35. The maximum atomic E-state index is 4.17. The van der Waals surface area contributed by atoms with Crippen molar-refractivity contribution >= 4 is 0 Å². The van der Waals surface area contributed by atoms with Crippen LogP contribution in [0.25, 0.3) is 0 Å². The molecular formula is C16H30. The van der Waals surface area contributed by atoms with Crippen LogP contribution in [0.3, 0.4) is 0 Å². The molecule has 3 unspecified atom stereocenters. The van der Waals surface area contributed by atoms with Crippen LogP contribution in [0.4, 0.5) is 0 Å². The summed E-state index contributed by atoms with van der Waals surface area (Å²) in [5.41, 5.74) is 2.15. The van der Waals surface area contributed by atoms with E-state index in [9.17, 15) is 0 Å².